The Balaban J connectivity index is 1.49. The molecule has 2 aliphatic heterocycles. The number of aromatic nitrogens is 2. The van der Waals surface area contributed by atoms with Crippen molar-refractivity contribution >= 4 is 45.4 Å². The van der Waals surface area contributed by atoms with Gasteiger partial charge in [-0.3, -0.25) is 14.0 Å². The number of carbonyl (C=O) groups is 2. The van der Waals surface area contributed by atoms with Crippen LogP contribution < -0.4 is 4.90 Å². The normalized spacial score (nSPS) is 18.9. The SMILES string of the molecule is O=C(c1nc2c(C(F)(F)F)cc(C3C=COC3)cn2c1Cl)N1CCN(c2cccs2)C(=O)C1. The standard InChI is InChI=1S/C21H16ClF3N4O3S/c22-18-17(20(31)27-4-5-28(15(30)10-27)16-2-1-7-33-16)26-19-14(21(23,24)25)8-13(9-29(18)19)12-3-6-32-11-12/h1-3,6-9,12H,4-5,10-11H2. The molecule has 1 atom stereocenters. The maximum Gasteiger partial charge on any atom is 0.419 e. The van der Waals surface area contributed by atoms with Crippen LogP contribution in [-0.2, 0) is 15.7 Å². The van der Waals surface area contributed by atoms with E-state index in [2.05, 4.69) is 4.98 Å². The number of fused-ring (bicyclic) bond motifs is 1. The van der Waals surface area contributed by atoms with Crippen molar-refractivity contribution in [2.45, 2.75) is 12.1 Å². The van der Waals surface area contributed by atoms with Crippen LogP contribution in [-0.4, -0.2) is 52.3 Å². The Labute approximate surface area is 194 Å². The number of amides is 2. The number of piperazine rings is 1. The molecule has 0 saturated carbocycles. The first-order valence-electron chi connectivity index (χ1n) is 9.94. The second-order valence-corrected chi connectivity index (χ2v) is 8.91. The molecule has 1 unspecified atom stereocenters. The van der Waals surface area contributed by atoms with Gasteiger partial charge in [-0.1, -0.05) is 11.6 Å². The topological polar surface area (TPSA) is 67.2 Å². The van der Waals surface area contributed by atoms with Gasteiger partial charge in [-0.25, -0.2) is 4.98 Å². The number of nitrogens with zero attached hydrogens (tertiary/aromatic N) is 4. The van der Waals surface area contributed by atoms with E-state index >= 15 is 0 Å². The zero-order chi connectivity index (χ0) is 23.3. The minimum absolute atomic E-state index is 0.203. The fourth-order valence-corrected chi connectivity index (χ4v) is 4.94. The molecule has 7 nitrogen and oxygen atoms in total. The van der Waals surface area contributed by atoms with Gasteiger partial charge in [0.2, 0.25) is 5.91 Å². The van der Waals surface area contributed by atoms with Crippen LogP contribution in [0.25, 0.3) is 5.65 Å². The fourth-order valence-electron chi connectivity index (χ4n) is 3.91. The third kappa shape index (κ3) is 3.84. The van der Waals surface area contributed by atoms with E-state index in [0.29, 0.717) is 5.56 Å². The van der Waals surface area contributed by atoms with Gasteiger partial charge in [-0.15, -0.1) is 11.3 Å². The summed E-state index contributed by atoms with van der Waals surface area (Å²) in [4.78, 5) is 32.5. The molecule has 2 aliphatic rings. The molecular formula is C21H16ClF3N4O3S. The number of hydrogen-bond donors (Lipinski definition) is 0. The number of anilines is 1. The van der Waals surface area contributed by atoms with Gasteiger partial charge in [0.15, 0.2) is 11.3 Å². The molecule has 5 heterocycles. The minimum atomic E-state index is -4.71. The summed E-state index contributed by atoms with van der Waals surface area (Å²) in [6.45, 7) is 0.455. The van der Waals surface area contributed by atoms with Crippen LogP contribution in [0.1, 0.15) is 27.5 Å². The molecule has 1 fully saturated rings. The van der Waals surface area contributed by atoms with Crippen LogP contribution in [0.4, 0.5) is 18.2 Å². The second kappa shape index (κ2) is 8.07. The van der Waals surface area contributed by atoms with E-state index in [0.717, 1.165) is 15.5 Å². The van der Waals surface area contributed by atoms with Crippen LogP contribution in [0.3, 0.4) is 0 Å². The summed E-state index contributed by atoms with van der Waals surface area (Å²) in [6, 6.07) is 4.63. The summed E-state index contributed by atoms with van der Waals surface area (Å²) in [7, 11) is 0. The Hall–Kier alpha value is -3.05. The Morgan fingerprint density at radius 1 is 1.30 bits per heavy atom. The van der Waals surface area contributed by atoms with Gasteiger partial charge in [0.05, 0.1) is 23.4 Å². The molecule has 0 radical (unpaired) electrons. The number of ether oxygens (including phenoxy) is 1. The van der Waals surface area contributed by atoms with Gasteiger partial charge in [0, 0.05) is 25.2 Å². The third-order valence-corrected chi connectivity index (χ3v) is 6.83. The molecule has 0 N–H and O–H groups in total. The highest BCUT2D eigenvalue weighted by Crippen LogP contribution is 2.37. The van der Waals surface area contributed by atoms with Crippen molar-refractivity contribution in [1.82, 2.24) is 14.3 Å². The molecule has 0 bridgehead atoms. The van der Waals surface area contributed by atoms with Gasteiger partial charge >= 0.3 is 6.18 Å². The summed E-state index contributed by atoms with van der Waals surface area (Å²) in [5.74, 6) is -1.36. The van der Waals surface area contributed by atoms with Crippen molar-refractivity contribution in [2.75, 3.05) is 31.1 Å². The van der Waals surface area contributed by atoms with Gasteiger partial charge in [-0.2, -0.15) is 13.2 Å². The smallest absolute Gasteiger partial charge is 0.419 e. The molecule has 3 aromatic rings. The fraction of sp³-hybridized carbons (Fsp3) is 0.286. The highest BCUT2D eigenvalue weighted by Gasteiger charge is 2.38. The van der Waals surface area contributed by atoms with Crippen LogP contribution in [0.15, 0.2) is 42.1 Å². The summed E-state index contributed by atoms with van der Waals surface area (Å²) in [5.41, 5.74) is -1.46. The van der Waals surface area contributed by atoms with E-state index in [4.69, 9.17) is 16.3 Å². The van der Waals surface area contributed by atoms with E-state index in [-0.39, 0.29) is 48.9 Å². The average Bonchev–Trinajstić information content (AvgIpc) is 3.54. The highest BCUT2D eigenvalue weighted by atomic mass is 35.5. The Morgan fingerprint density at radius 3 is 2.76 bits per heavy atom. The van der Waals surface area contributed by atoms with Crippen molar-refractivity contribution in [3.05, 3.63) is 64.1 Å². The average molecular weight is 497 g/mol. The van der Waals surface area contributed by atoms with Gasteiger partial charge in [-0.05, 0) is 35.2 Å². The van der Waals surface area contributed by atoms with Crippen LogP contribution in [0.5, 0.6) is 0 Å². The lowest BCUT2D eigenvalue weighted by Crippen LogP contribution is -2.52. The summed E-state index contributed by atoms with van der Waals surface area (Å²) < 4.78 is 47.7. The van der Waals surface area contributed by atoms with Gasteiger partial charge in [0.1, 0.15) is 11.7 Å². The molecular weight excluding hydrogens is 481 g/mol. The first kappa shape index (κ1) is 21.8. The van der Waals surface area contributed by atoms with Crippen molar-refractivity contribution in [3.63, 3.8) is 0 Å². The largest absolute Gasteiger partial charge is 0.501 e. The molecule has 1 saturated heterocycles. The number of rotatable bonds is 3. The zero-order valence-electron chi connectivity index (χ0n) is 16.9. The molecule has 0 spiro atoms. The lowest BCUT2D eigenvalue weighted by atomic mass is 10.0. The minimum Gasteiger partial charge on any atom is -0.501 e. The van der Waals surface area contributed by atoms with E-state index in [1.165, 1.54) is 28.7 Å². The first-order chi connectivity index (χ1) is 15.7. The van der Waals surface area contributed by atoms with Crippen molar-refractivity contribution < 1.29 is 27.5 Å². The lowest BCUT2D eigenvalue weighted by Gasteiger charge is -2.33. The summed E-state index contributed by atoms with van der Waals surface area (Å²) in [5, 5.41) is 2.37. The number of halogens is 4. The predicted octanol–water partition coefficient (Wildman–Crippen LogP) is 4.18. The predicted molar refractivity (Wildman–Crippen MR) is 116 cm³/mol. The summed E-state index contributed by atoms with van der Waals surface area (Å²) >= 11 is 7.77. The second-order valence-electron chi connectivity index (χ2n) is 7.62. The van der Waals surface area contributed by atoms with E-state index < -0.39 is 23.3 Å². The molecule has 33 heavy (non-hydrogen) atoms. The van der Waals surface area contributed by atoms with Crippen molar-refractivity contribution in [2.24, 2.45) is 0 Å². The molecule has 172 valence electrons. The number of hydrogen-bond acceptors (Lipinski definition) is 5. The lowest BCUT2D eigenvalue weighted by molar-refractivity contribution is -0.136. The highest BCUT2D eigenvalue weighted by molar-refractivity contribution is 7.14. The maximum absolute atomic E-state index is 13.8. The number of imidazole rings is 1. The molecule has 3 aromatic heterocycles. The van der Waals surface area contributed by atoms with E-state index in [1.807, 2.05) is 11.4 Å². The Morgan fingerprint density at radius 2 is 2.12 bits per heavy atom. The maximum atomic E-state index is 13.8. The van der Waals surface area contributed by atoms with Gasteiger partial charge in [0.25, 0.3) is 5.91 Å². The Bertz CT molecular complexity index is 1270. The number of pyridine rings is 1. The third-order valence-electron chi connectivity index (χ3n) is 5.58. The zero-order valence-corrected chi connectivity index (χ0v) is 18.5. The van der Waals surface area contributed by atoms with E-state index in [9.17, 15) is 22.8 Å². The van der Waals surface area contributed by atoms with Gasteiger partial charge < -0.3 is 14.5 Å². The first-order valence-corrected chi connectivity index (χ1v) is 11.2. The summed E-state index contributed by atoms with van der Waals surface area (Å²) in [6.07, 6.45) is -0.200. The van der Waals surface area contributed by atoms with Crippen LogP contribution >= 0.6 is 22.9 Å². The van der Waals surface area contributed by atoms with Crippen LogP contribution in [0, 0.1) is 0 Å². The molecule has 0 aliphatic carbocycles. The monoisotopic (exact) mass is 496 g/mol. The number of carbonyl (C=O) groups excluding carboxylic acids is 2. The molecule has 2 amide bonds. The quantitative estimate of drug-likeness (QED) is 0.545. The number of thiophene rings is 1. The van der Waals surface area contributed by atoms with Crippen LogP contribution in [0.2, 0.25) is 5.15 Å². The van der Waals surface area contributed by atoms with E-state index in [1.54, 1.807) is 17.0 Å². The Kier molecular flexibility index (Phi) is 5.32. The molecule has 5 rings (SSSR count). The molecule has 0 aromatic carbocycles. The molecule has 12 heteroatoms. The van der Waals surface area contributed by atoms with Crippen molar-refractivity contribution in [1.29, 1.82) is 0 Å². The number of alkyl halides is 3. The van der Waals surface area contributed by atoms with Crippen molar-refractivity contribution in [3.8, 4) is 0 Å².